The highest BCUT2D eigenvalue weighted by Gasteiger charge is 2.21. The van der Waals surface area contributed by atoms with Gasteiger partial charge in [0.25, 0.3) is 0 Å². The van der Waals surface area contributed by atoms with Crippen LogP contribution in [0.4, 0.5) is 0 Å². The first-order chi connectivity index (χ1) is 30.7. The molecule has 0 bridgehead atoms. The van der Waals surface area contributed by atoms with Crippen LogP contribution in [-0.4, -0.2) is 19.5 Å². The Hall–Kier alpha value is -8.41. The van der Waals surface area contributed by atoms with Crippen LogP contribution in [0.2, 0.25) is 0 Å². The summed E-state index contributed by atoms with van der Waals surface area (Å²) in [5.41, 5.74) is 14.4. The van der Waals surface area contributed by atoms with Crippen molar-refractivity contribution in [3.05, 3.63) is 218 Å². The van der Waals surface area contributed by atoms with E-state index in [1.807, 2.05) is 60.7 Å². The van der Waals surface area contributed by atoms with Gasteiger partial charge in [0.05, 0.1) is 16.4 Å². The van der Waals surface area contributed by atoms with E-state index in [0.717, 1.165) is 93.9 Å². The van der Waals surface area contributed by atoms with Gasteiger partial charge in [-0.1, -0.05) is 164 Å². The lowest BCUT2D eigenvalue weighted by Crippen LogP contribution is -2.01. The topological polar surface area (TPSA) is 56.7 Å². The van der Waals surface area contributed by atoms with Crippen LogP contribution in [0.25, 0.3) is 117 Å². The Balaban J connectivity index is 1.08. The third-order valence-electron chi connectivity index (χ3n) is 11.9. The van der Waals surface area contributed by atoms with E-state index in [1.54, 1.807) is 0 Å². The van der Waals surface area contributed by atoms with Gasteiger partial charge in [0, 0.05) is 38.5 Å². The molecule has 12 rings (SSSR count). The summed E-state index contributed by atoms with van der Waals surface area (Å²) in [5, 5.41) is 4.38. The Kier molecular flexibility index (Phi) is 8.42. The van der Waals surface area contributed by atoms with Crippen LogP contribution in [-0.2, 0) is 0 Å². The van der Waals surface area contributed by atoms with Crippen molar-refractivity contribution >= 4 is 43.7 Å². The zero-order valence-electron chi connectivity index (χ0n) is 33.5. The second-order valence-electron chi connectivity index (χ2n) is 15.6. The van der Waals surface area contributed by atoms with Crippen LogP contribution in [0.3, 0.4) is 0 Å². The van der Waals surface area contributed by atoms with E-state index < -0.39 is 0 Å². The van der Waals surface area contributed by atoms with Crippen molar-refractivity contribution in [2.24, 2.45) is 0 Å². The fourth-order valence-corrected chi connectivity index (χ4v) is 8.91. The van der Waals surface area contributed by atoms with Gasteiger partial charge < -0.3 is 8.98 Å². The monoisotopic (exact) mass is 792 g/mol. The molecule has 5 nitrogen and oxygen atoms in total. The van der Waals surface area contributed by atoms with Crippen molar-refractivity contribution in [2.45, 2.75) is 0 Å². The fourth-order valence-electron chi connectivity index (χ4n) is 8.91. The Morgan fingerprint density at radius 2 is 0.887 bits per heavy atom. The average Bonchev–Trinajstić information content (AvgIpc) is 3.90. The molecule has 9 aromatic carbocycles. The lowest BCUT2D eigenvalue weighted by atomic mass is 9.92. The molecule has 0 atom stereocenters. The highest BCUT2D eigenvalue weighted by atomic mass is 16.3. The average molecular weight is 793 g/mol. The summed E-state index contributed by atoms with van der Waals surface area (Å²) >= 11 is 0. The standard InChI is InChI=1S/C57H36N4O/c1-5-16-37(17-6-1)40-22-15-23-41(34-40)42-28-30-45(49(35-42)57-59-55(38-18-7-2-8-19-38)58-56(60-57)39-20-9-3-10-21-39)43-29-33-52-48(36-43)46-31-32-51-53(54(46)62-52)47-26-13-14-27-50(47)61(51)44-24-11-4-12-25-44/h1-36H. The maximum atomic E-state index is 6.84. The Morgan fingerprint density at radius 1 is 0.323 bits per heavy atom. The summed E-state index contributed by atoms with van der Waals surface area (Å²) in [6.45, 7) is 0. The highest BCUT2D eigenvalue weighted by molar-refractivity contribution is 6.24. The molecule has 5 heteroatoms. The van der Waals surface area contributed by atoms with Crippen LogP contribution < -0.4 is 0 Å². The largest absolute Gasteiger partial charge is 0.455 e. The van der Waals surface area contributed by atoms with E-state index >= 15 is 0 Å². The van der Waals surface area contributed by atoms with Crippen LogP contribution >= 0.6 is 0 Å². The molecule has 0 aliphatic carbocycles. The van der Waals surface area contributed by atoms with Gasteiger partial charge in [0.2, 0.25) is 0 Å². The third kappa shape index (κ3) is 6.06. The first-order valence-electron chi connectivity index (χ1n) is 20.8. The van der Waals surface area contributed by atoms with E-state index in [9.17, 15) is 0 Å². The Labute approximate surface area is 357 Å². The molecule has 290 valence electrons. The number of benzene rings is 9. The second kappa shape index (κ2) is 14.7. The molecule has 0 fully saturated rings. The molecule has 0 N–H and O–H groups in total. The molecule has 0 radical (unpaired) electrons. The molecule has 3 heterocycles. The van der Waals surface area contributed by atoms with E-state index in [1.165, 1.54) is 5.56 Å². The van der Waals surface area contributed by atoms with Gasteiger partial charge in [0.1, 0.15) is 11.2 Å². The number of nitrogens with zero attached hydrogens (tertiary/aromatic N) is 4. The number of hydrogen-bond donors (Lipinski definition) is 0. The minimum Gasteiger partial charge on any atom is -0.455 e. The first-order valence-corrected chi connectivity index (χ1v) is 20.8. The third-order valence-corrected chi connectivity index (χ3v) is 11.9. The molecule has 0 saturated heterocycles. The molecular formula is C57H36N4O. The normalized spacial score (nSPS) is 11.5. The Bertz CT molecular complexity index is 3560. The van der Waals surface area contributed by atoms with Crippen molar-refractivity contribution in [3.63, 3.8) is 0 Å². The van der Waals surface area contributed by atoms with E-state index in [0.29, 0.717) is 17.5 Å². The molecule has 12 aromatic rings. The van der Waals surface area contributed by atoms with Crippen molar-refractivity contribution in [3.8, 4) is 73.2 Å². The lowest BCUT2D eigenvalue weighted by molar-refractivity contribution is 0.673. The van der Waals surface area contributed by atoms with Gasteiger partial charge in [-0.2, -0.15) is 0 Å². The van der Waals surface area contributed by atoms with E-state index in [4.69, 9.17) is 19.4 Å². The number of para-hydroxylation sites is 2. The summed E-state index contributed by atoms with van der Waals surface area (Å²) in [4.78, 5) is 15.5. The molecule has 0 amide bonds. The van der Waals surface area contributed by atoms with Crippen LogP contribution in [0.5, 0.6) is 0 Å². The van der Waals surface area contributed by atoms with Crippen LogP contribution in [0.1, 0.15) is 0 Å². The van der Waals surface area contributed by atoms with Crippen LogP contribution in [0.15, 0.2) is 223 Å². The quantitative estimate of drug-likeness (QED) is 0.161. The molecule has 0 spiro atoms. The predicted octanol–water partition coefficient (Wildman–Crippen LogP) is 14.9. The van der Waals surface area contributed by atoms with Crippen LogP contribution in [0, 0.1) is 0 Å². The van der Waals surface area contributed by atoms with E-state index in [2.05, 4.69) is 162 Å². The van der Waals surface area contributed by atoms with Gasteiger partial charge >= 0.3 is 0 Å². The number of rotatable bonds is 7. The van der Waals surface area contributed by atoms with Crippen molar-refractivity contribution < 1.29 is 4.42 Å². The van der Waals surface area contributed by atoms with Gasteiger partial charge in [-0.05, 0) is 88.0 Å². The van der Waals surface area contributed by atoms with Gasteiger partial charge in [-0.3, -0.25) is 0 Å². The van der Waals surface area contributed by atoms with E-state index in [-0.39, 0.29) is 0 Å². The van der Waals surface area contributed by atoms with Crippen molar-refractivity contribution in [1.82, 2.24) is 19.5 Å². The minimum atomic E-state index is 0.598. The summed E-state index contributed by atoms with van der Waals surface area (Å²) < 4.78 is 9.16. The highest BCUT2D eigenvalue weighted by Crippen LogP contribution is 2.43. The summed E-state index contributed by atoms with van der Waals surface area (Å²) in [5.74, 6) is 1.83. The number of aromatic nitrogens is 4. The first kappa shape index (κ1) is 35.5. The Morgan fingerprint density at radius 3 is 1.60 bits per heavy atom. The lowest BCUT2D eigenvalue weighted by Gasteiger charge is -2.15. The fraction of sp³-hybridized carbons (Fsp3) is 0. The van der Waals surface area contributed by atoms with Gasteiger partial charge in [-0.15, -0.1) is 0 Å². The summed E-state index contributed by atoms with van der Waals surface area (Å²) in [7, 11) is 0. The number of fused-ring (bicyclic) bond motifs is 7. The molecule has 3 aromatic heterocycles. The summed E-state index contributed by atoms with van der Waals surface area (Å²) in [6.07, 6.45) is 0. The predicted molar refractivity (Wildman–Crippen MR) is 254 cm³/mol. The number of furan rings is 1. The molecular weight excluding hydrogens is 757 g/mol. The maximum Gasteiger partial charge on any atom is 0.164 e. The molecule has 62 heavy (non-hydrogen) atoms. The SMILES string of the molecule is c1ccc(-c2cccc(-c3ccc(-c4ccc5oc6c(ccc7c6c6ccccc6n7-c6ccccc6)c5c4)c(-c4nc(-c5ccccc5)nc(-c5ccccc5)n4)c3)c2)cc1. The second-order valence-corrected chi connectivity index (χ2v) is 15.6. The zero-order chi connectivity index (χ0) is 41.0. The maximum absolute atomic E-state index is 6.84. The molecule has 0 aliphatic heterocycles. The van der Waals surface area contributed by atoms with Gasteiger partial charge in [-0.25, -0.2) is 15.0 Å². The van der Waals surface area contributed by atoms with Gasteiger partial charge in [0.15, 0.2) is 17.5 Å². The molecule has 0 aliphatic rings. The summed E-state index contributed by atoms with van der Waals surface area (Å²) in [6, 6.07) is 76.2. The molecule has 0 unspecified atom stereocenters. The minimum absolute atomic E-state index is 0.598. The molecule has 0 saturated carbocycles. The van der Waals surface area contributed by atoms with Crippen molar-refractivity contribution in [2.75, 3.05) is 0 Å². The zero-order valence-corrected chi connectivity index (χ0v) is 33.5. The smallest absolute Gasteiger partial charge is 0.164 e. The number of hydrogen-bond acceptors (Lipinski definition) is 4. The van der Waals surface area contributed by atoms with Crippen molar-refractivity contribution in [1.29, 1.82) is 0 Å².